The second-order valence-electron chi connectivity index (χ2n) is 6.03. The zero-order valence-electron chi connectivity index (χ0n) is 12.1. The molecule has 3 rings (SSSR count). The first-order valence-electron chi connectivity index (χ1n) is 7.55. The third kappa shape index (κ3) is 2.52. The molecule has 2 fully saturated rings. The molecule has 2 saturated heterocycles. The van der Waals surface area contributed by atoms with Crippen molar-refractivity contribution in [1.29, 1.82) is 0 Å². The standard InChI is InChI=1S/C16H23N3O/c1-12-3-2-9-19(12)15-8-10-18(11-15)14-6-4-13(5-7-14)16(17)20/h4-7,12,15H,2-3,8-11H2,1H3,(H2,17,20). The number of rotatable bonds is 3. The summed E-state index contributed by atoms with van der Waals surface area (Å²) in [7, 11) is 0. The molecular weight excluding hydrogens is 250 g/mol. The molecule has 2 atom stereocenters. The van der Waals surface area contributed by atoms with Gasteiger partial charge >= 0.3 is 0 Å². The zero-order valence-corrected chi connectivity index (χ0v) is 12.1. The van der Waals surface area contributed by atoms with E-state index in [1.54, 1.807) is 0 Å². The van der Waals surface area contributed by atoms with Gasteiger partial charge in [-0.1, -0.05) is 0 Å². The molecule has 4 heteroatoms. The van der Waals surface area contributed by atoms with Crippen molar-refractivity contribution >= 4 is 11.6 Å². The molecule has 1 aromatic rings. The maximum absolute atomic E-state index is 11.1. The van der Waals surface area contributed by atoms with Gasteiger partial charge in [-0.3, -0.25) is 9.69 Å². The molecule has 4 nitrogen and oxygen atoms in total. The number of benzene rings is 1. The first-order chi connectivity index (χ1) is 9.65. The minimum atomic E-state index is -0.360. The fourth-order valence-electron chi connectivity index (χ4n) is 3.58. The Kier molecular flexibility index (Phi) is 3.66. The Bertz CT molecular complexity index is 485. The van der Waals surface area contributed by atoms with Crippen LogP contribution in [0.5, 0.6) is 0 Å². The number of carbonyl (C=O) groups is 1. The third-order valence-corrected chi connectivity index (χ3v) is 4.75. The summed E-state index contributed by atoms with van der Waals surface area (Å²) in [5, 5.41) is 0. The lowest BCUT2D eigenvalue weighted by Crippen LogP contribution is -2.39. The van der Waals surface area contributed by atoms with Crippen LogP contribution in [0.4, 0.5) is 5.69 Å². The lowest BCUT2D eigenvalue weighted by molar-refractivity contribution is 0.100. The van der Waals surface area contributed by atoms with Gasteiger partial charge in [0.2, 0.25) is 5.91 Å². The van der Waals surface area contributed by atoms with Gasteiger partial charge in [-0.15, -0.1) is 0 Å². The molecule has 2 heterocycles. The number of hydrogen-bond acceptors (Lipinski definition) is 3. The first kappa shape index (κ1) is 13.4. The highest BCUT2D eigenvalue weighted by atomic mass is 16.1. The summed E-state index contributed by atoms with van der Waals surface area (Å²) < 4.78 is 0. The molecule has 20 heavy (non-hydrogen) atoms. The normalized spacial score (nSPS) is 27.1. The number of anilines is 1. The molecule has 0 saturated carbocycles. The fourth-order valence-corrected chi connectivity index (χ4v) is 3.58. The second kappa shape index (κ2) is 5.44. The van der Waals surface area contributed by atoms with Crippen LogP contribution in [0, 0.1) is 0 Å². The number of nitrogens with zero attached hydrogens (tertiary/aromatic N) is 2. The Morgan fingerprint density at radius 2 is 1.95 bits per heavy atom. The van der Waals surface area contributed by atoms with Crippen LogP contribution in [0.3, 0.4) is 0 Å². The smallest absolute Gasteiger partial charge is 0.248 e. The van der Waals surface area contributed by atoms with Gasteiger partial charge in [0.1, 0.15) is 0 Å². The first-order valence-corrected chi connectivity index (χ1v) is 7.55. The molecule has 0 radical (unpaired) electrons. The van der Waals surface area contributed by atoms with Crippen LogP contribution in [-0.4, -0.2) is 42.5 Å². The average molecular weight is 273 g/mol. The minimum absolute atomic E-state index is 0.360. The van der Waals surface area contributed by atoms with Gasteiger partial charge in [-0.2, -0.15) is 0 Å². The highest BCUT2D eigenvalue weighted by Gasteiger charge is 2.32. The van der Waals surface area contributed by atoms with E-state index in [2.05, 4.69) is 16.7 Å². The molecule has 1 amide bonds. The zero-order chi connectivity index (χ0) is 14.1. The van der Waals surface area contributed by atoms with Crippen LogP contribution in [0.15, 0.2) is 24.3 Å². The van der Waals surface area contributed by atoms with Crippen LogP contribution in [-0.2, 0) is 0 Å². The van der Waals surface area contributed by atoms with Crippen molar-refractivity contribution in [3.05, 3.63) is 29.8 Å². The predicted molar refractivity (Wildman–Crippen MR) is 81.0 cm³/mol. The summed E-state index contributed by atoms with van der Waals surface area (Å²) in [6, 6.07) is 9.08. The maximum atomic E-state index is 11.1. The molecule has 0 aromatic heterocycles. The monoisotopic (exact) mass is 273 g/mol. The molecule has 108 valence electrons. The Morgan fingerprint density at radius 1 is 1.20 bits per heavy atom. The van der Waals surface area contributed by atoms with Crippen LogP contribution in [0.1, 0.15) is 36.5 Å². The van der Waals surface area contributed by atoms with Crippen LogP contribution >= 0.6 is 0 Å². The van der Waals surface area contributed by atoms with E-state index in [1.807, 2.05) is 24.3 Å². The molecule has 0 spiro atoms. The molecule has 0 aliphatic carbocycles. The molecule has 2 aliphatic rings. The van der Waals surface area contributed by atoms with E-state index >= 15 is 0 Å². The SMILES string of the molecule is CC1CCCN1C1CCN(c2ccc(C(N)=O)cc2)C1. The lowest BCUT2D eigenvalue weighted by Gasteiger charge is -2.28. The largest absolute Gasteiger partial charge is 0.370 e. The fraction of sp³-hybridized carbons (Fsp3) is 0.562. The highest BCUT2D eigenvalue weighted by Crippen LogP contribution is 2.28. The van der Waals surface area contributed by atoms with Crippen molar-refractivity contribution < 1.29 is 4.79 Å². The van der Waals surface area contributed by atoms with Gasteiger partial charge in [0, 0.05) is 36.4 Å². The van der Waals surface area contributed by atoms with Gasteiger partial charge in [0.15, 0.2) is 0 Å². The van der Waals surface area contributed by atoms with E-state index in [0.717, 1.165) is 19.1 Å². The quantitative estimate of drug-likeness (QED) is 0.914. The van der Waals surface area contributed by atoms with Crippen molar-refractivity contribution in [2.24, 2.45) is 5.73 Å². The molecule has 2 aliphatic heterocycles. The van der Waals surface area contributed by atoms with Gasteiger partial charge in [0.25, 0.3) is 0 Å². The van der Waals surface area contributed by atoms with E-state index < -0.39 is 0 Å². The second-order valence-corrected chi connectivity index (χ2v) is 6.03. The predicted octanol–water partition coefficient (Wildman–Crippen LogP) is 1.85. The summed E-state index contributed by atoms with van der Waals surface area (Å²) in [6.07, 6.45) is 3.91. The summed E-state index contributed by atoms with van der Waals surface area (Å²) in [4.78, 5) is 16.2. The van der Waals surface area contributed by atoms with Gasteiger partial charge < -0.3 is 10.6 Å². The summed E-state index contributed by atoms with van der Waals surface area (Å²) in [6.45, 7) is 5.79. The molecule has 0 bridgehead atoms. The third-order valence-electron chi connectivity index (χ3n) is 4.75. The number of nitrogens with two attached hydrogens (primary N) is 1. The summed E-state index contributed by atoms with van der Waals surface area (Å²) in [5.41, 5.74) is 7.06. The van der Waals surface area contributed by atoms with Crippen LogP contribution in [0.2, 0.25) is 0 Å². The Balaban J connectivity index is 1.66. The van der Waals surface area contributed by atoms with Crippen molar-refractivity contribution in [3.63, 3.8) is 0 Å². The number of primary amides is 1. The van der Waals surface area contributed by atoms with E-state index in [9.17, 15) is 4.79 Å². The number of likely N-dealkylation sites (tertiary alicyclic amines) is 1. The topological polar surface area (TPSA) is 49.6 Å². The summed E-state index contributed by atoms with van der Waals surface area (Å²) in [5.74, 6) is -0.360. The lowest BCUT2D eigenvalue weighted by atomic mass is 10.2. The molecule has 2 unspecified atom stereocenters. The molecule has 1 aromatic carbocycles. The highest BCUT2D eigenvalue weighted by molar-refractivity contribution is 5.93. The van der Waals surface area contributed by atoms with E-state index in [1.165, 1.54) is 31.5 Å². The Hall–Kier alpha value is -1.55. The van der Waals surface area contributed by atoms with Crippen molar-refractivity contribution in [2.45, 2.75) is 38.3 Å². The molecular formula is C16H23N3O. The van der Waals surface area contributed by atoms with Crippen molar-refractivity contribution in [2.75, 3.05) is 24.5 Å². The number of amides is 1. The van der Waals surface area contributed by atoms with Crippen LogP contribution in [0.25, 0.3) is 0 Å². The Labute approximate surface area is 120 Å². The Morgan fingerprint density at radius 3 is 2.55 bits per heavy atom. The average Bonchev–Trinajstić information content (AvgIpc) is 3.07. The van der Waals surface area contributed by atoms with Crippen molar-refractivity contribution in [3.8, 4) is 0 Å². The summed E-state index contributed by atoms with van der Waals surface area (Å²) >= 11 is 0. The number of carbonyl (C=O) groups excluding carboxylic acids is 1. The van der Waals surface area contributed by atoms with Crippen LogP contribution < -0.4 is 10.6 Å². The molecule has 2 N–H and O–H groups in total. The van der Waals surface area contributed by atoms with Crippen molar-refractivity contribution in [1.82, 2.24) is 4.90 Å². The van der Waals surface area contributed by atoms with E-state index in [-0.39, 0.29) is 5.91 Å². The van der Waals surface area contributed by atoms with E-state index in [0.29, 0.717) is 11.6 Å². The number of hydrogen-bond donors (Lipinski definition) is 1. The van der Waals surface area contributed by atoms with Gasteiger partial charge in [-0.25, -0.2) is 0 Å². The maximum Gasteiger partial charge on any atom is 0.248 e. The van der Waals surface area contributed by atoms with Gasteiger partial charge in [0.05, 0.1) is 0 Å². The van der Waals surface area contributed by atoms with E-state index in [4.69, 9.17) is 5.73 Å². The minimum Gasteiger partial charge on any atom is -0.370 e. The van der Waals surface area contributed by atoms with Gasteiger partial charge in [-0.05, 0) is 57.0 Å².